The molecule has 1 heterocycles. The second-order valence-corrected chi connectivity index (χ2v) is 4.69. The monoisotopic (exact) mass is 221 g/mol. The van der Waals surface area contributed by atoms with E-state index in [2.05, 4.69) is 10.3 Å². The van der Waals surface area contributed by atoms with Gasteiger partial charge in [0.15, 0.2) is 0 Å². The van der Waals surface area contributed by atoms with Gasteiger partial charge in [-0.15, -0.1) is 0 Å². The summed E-state index contributed by atoms with van der Waals surface area (Å²) in [5, 5.41) is 3.29. The summed E-state index contributed by atoms with van der Waals surface area (Å²) in [6.07, 6.45) is 2.16. The first-order valence-corrected chi connectivity index (χ1v) is 5.34. The lowest BCUT2D eigenvalue weighted by Crippen LogP contribution is -2.42. The van der Waals surface area contributed by atoms with Gasteiger partial charge >= 0.3 is 0 Å². The van der Waals surface area contributed by atoms with Gasteiger partial charge in [0.2, 0.25) is 5.91 Å². The zero-order valence-electron chi connectivity index (χ0n) is 10.1. The van der Waals surface area contributed by atoms with Crippen molar-refractivity contribution in [3.8, 4) is 0 Å². The van der Waals surface area contributed by atoms with Crippen molar-refractivity contribution in [2.75, 3.05) is 0 Å². The van der Waals surface area contributed by atoms with Crippen molar-refractivity contribution in [3.63, 3.8) is 0 Å². The van der Waals surface area contributed by atoms with Crippen LogP contribution in [-0.4, -0.2) is 16.4 Å². The molecule has 0 bridgehead atoms. The lowest BCUT2D eigenvalue weighted by Gasteiger charge is -2.24. The van der Waals surface area contributed by atoms with Crippen molar-refractivity contribution in [1.29, 1.82) is 0 Å². The molecule has 4 heteroatoms. The highest BCUT2D eigenvalue weighted by molar-refractivity contribution is 5.74. The third kappa shape index (κ3) is 4.40. The summed E-state index contributed by atoms with van der Waals surface area (Å²) in [5.74, 6) is -0.292. The Bertz CT molecular complexity index is 357. The molecule has 4 nitrogen and oxygen atoms in total. The van der Waals surface area contributed by atoms with Gasteiger partial charge in [-0.25, -0.2) is 0 Å². The fourth-order valence-corrected chi connectivity index (χ4v) is 1.44. The molecular weight excluding hydrogens is 202 g/mol. The highest BCUT2D eigenvalue weighted by atomic mass is 16.1. The number of rotatable bonds is 5. The molecule has 0 atom stereocenters. The van der Waals surface area contributed by atoms with E-state index in [-0.39, 0.29) is 11.4 Å². The van der Waals surface area contributed by atoms with Crippen LogP contribution < -0.4 is 11.1 Å². The Hall–Kier alpha value is -1.42. The Labute approximate surface area is 96.3 Å². The molecule has 0 spiro atoms. The van der Waals surface area contributed by atoms with E-state index in [9.17, 15) is 4.79 Å². The second kappa shape index (κ2) is 5.07. The third-order valence-electron chi connectivity index (χ3n) is 2.36. The van der Waals surface area contributed by atoms with Crippen LogP contribution in [0.1, 0.15) is 31.5 Å². The van der Waals surface area contributed by atoms with E-state index < -0.39 is 0 Å². The number of carbonyl (C=O) groups excluding carboxylic acids is 1. The number of pyridine rings is 1. The smallest absolute Gasteiger partial charge is 0.219 e. The van der Waals surface area contributed by atoms with Crippen molar-refractivity contribution in [1.82, 2.24) is 10.3 Å². The molecule has 1 rings (SSSR count). The van der Waals surface area contributed by atoms with Crippen LogP contribution in [-0.2, 0) is 11.3 Å². The maximum Gasteiger partial charge on any atom is 0.219 e. The Kier molecular flexibility index (Phi) is 4.01. The summed E-state index contributed by atoms with van der Waals surface area (Å²) in [4.78, 5) is 15.0. The van der Waals surface area contributed by atoms with Crippen LogP contribution in [0, 0.1) is 6.92 Å². The van der Waals surface area contributed by atoms with Crippen molar-refractivity contribution in [3.05, 3.63) is 29.6 Å². The summed E-state index contributed by atoms with van der Waals surface area (Å²) < 4.78 is 0. The quantitative estimate of drug-likeness (QED) is 0.783. The topological polar surface area (TPSA) is 68.0 Å². The molecule has 0 fully saturated rings. The van der Waals surface area contributed by atoms with Gasteiger partial charge in [0.1, 0.15) is 0 Å². The van der Waals surface area contributed by atoms with Crippen LogP contribution in [0.15, 0.2) is 18.3 Å². The number of hydrogen-bond acceptors (Lipinski definition) is 3. The van der Waals surface area contributed by atoms with Crippen molar-refractivity contribution >= 4 is 5.91 Å². The largest absolute Gasteiger partial charge is 0.370 e. The normalized spacial score (nSPS) is 11.4. The summed E-state index contributed by atoms with van der Waals surface area (Å²) in [5.41, 5.74) is 7.00. The first-order chi connectivity index (χ1) is 7.39. The molecule has 16 heavy (non-hydrogen) atoms. The Morgan fingerprint density at radius 1 is 1.50 bits per heavy atom. The predicted molar refractivity (Wildman–Crippen MR) is 63.7 cm³/mol. The molecule has 0 saturated carbocycles. The highest BCUT2D eigenvalue weighted by Gasteiger charge is 2.19. The maximum atomic E-state index is 10.8. The van der Waals surface area contributed by atoms with Crippen molar-refractivity contribution in [2.24, 2.45) is 5.73 Å². The van der Waals surface area contributed by atoms with Crippen LogP contribution in [0.3, 0.4) is 0 Å². The average Bonchev–Trinajstić information content (AvgIpc) is 2.15. The second-order valence-electron chi connectivity index (χ2n) is 4.69. The summed E-state index contributed by atoms with van der Waals surface area (Å²) in [6.45, 7) is 6.56. The average molecular weight is 221 g/mol. The first kappa shape index (κ1) is 12.6. The molecular formula is C12H19N3O. The standard InChI is InChI=1S/C12H19N3O/c1-9-4-5-10(7-14-9)8-15-12(2,3)6-11(13)16/h4-5,7,15H,6,8H2,1-3H3,(H2,13,16). The van der Waals surface area contributed by atoms with Crippen molar-refractivity contribution < 1.29 is 4.79 Å². The molecule has 1 aromatic rings. The minimum absolute atomic E-state index is 0.281. The minimum Gasteiger partial charge on any atom is -0.370 e. The van der Waals surface area contributed by atoms with Crippen LogP contribution in [0.5, 0.6) is 0 Å². The van der Waals surface area contributed by atoms with E-state index in [1.54, 1.807) is 0 Å². The Morgan fingerprint density at radius 2 is 2.19 bits per heavy atom. The molecule has 1 amide bonds. The molecule has 0 aliphatic heterocycles. The molecule has 0 radical (unpaired) electrons. The SMILES string of the molecule is Cc1ccc(CNC(C)(C)CC(N)=O)cn1. The molecule has 0 aromatic carbocycles. The van der Waals surface area contributed by atoms with Gasteiger partial charge in [0.05, 0.1) is 0 Å². The first-order valence-electron chi connectivity index (χ1n) is 5.34. The summed E-state index contributed by atoms with van der Waals surface area (Å²) >= 11 is 0. The van der Waals surface area contributed by atoms with Gasteiger partial charge in [-0.05, 0) is 32.4 Å². The van der Waals surface area contributed by atoms with Crippen LogP contribution >= 0.6 is 0 Å². The Balaban J connectivity index is 2.50. The van der Waals surface area contributed by atoms with Crippen LogP contribution in [0.25, 0.3) is 0 Å². The maximum absolute atomic E-state index is 10.8. The van der Waals surface area contributed by atoms with Gasteiger partial charge in [-0.1, -0.05) is 6.07 Å². The Morgan fingerprint density at radius 3 is 2.69 bits per heavy atom. The number of hydrogen-bond donors (Lipinski definition) is 2. The summed E-state index contributed by atoms with van der Waals surface area (Å²) in [7, 11) is 0. The number of aromatic nitrogens is 1. The van der Waals surface area contributed by atoms with Gasteiger partial charge in [-0.2, -0.15) is 0 Å². The number of aryl methyl sites for hydroxylation is 1. The number of amides is 1. The van der Waals surface area contributed by atoms with E-state index in [0.717, 1.165) is 11.3 Å². The molecule has 0 unspecified atom stereocenters. The number of nitrogens with two attached hydrogens (primary N) is 1. The summed E-state index contributed by atoms with van der Waals surface area (Å²) in [6, 6.07) is 3.99. The number of carbonyl (C=O) groups is 1. The van der Waals surface area contributed by atoms with Gasteiger partial charge < -0.3 is 11.1 Å². The van der Waals surface area contributed by atoms with E-state index >= 15 is 0 Å². The minimum atomic E-state index is -0.292. The molecule has 0 aliphatic carbocycles. The van der Waals surface area contributed by atoms with E-state index in [0.29, 0.717) is 13.0 Å². The van der Waals surface area contributed by atoms with Gasteiger partial charge in [0, 0.05) is 30.4 Å². The number of nitrogens with one attached hydrogen (secondary N) is 1. The van der Waals surface area contributed by atoms with Crippen molar-refractivity contribution in [2.45, 2.75) is 39.3 Å². The van der Waals surface area contributed by atoms with E-state index in [1.165, 1.54) is 0 Å². The zero-order chi connectivity index (χ0) is 12.2. The molecule has 0 aliphatic rings. The predicted octanol–water partition coefficient (Wildman–Crippen LogP) is 1.13. The van der Waals surface area contributed by atoms with Gasteiger partial charge in [0.25, 0.3) is 0 Å². The molecule has 88 valence electrons. The zero-order valence-corrected chi connectivity index (χ0v) is 10.1. The lowest BCUT2D eigenvalue weighted by molar-refractivity contribution is -0.119. The fraction of sp³-hybridized carbons (Fsp3) is 0.500. The highest BCUT2D eigenvalue weighted by Crippen LogP contribution is 2.09. The van der Waals surface area contributed by atoms with E-state index in [4.69, 9.17) is 5.73 Å². The van der Waals surface area contributed by atoms with Crippen LogP contribution in [0.2, 0.25) is 0 Å². The number of nitrogens with zero attached hydrogens (tertiary/aromatic N) is 1. The molecule has 3 N–H and O–H groups in total. The molecule has 0 saturated heterocycles. The number of primary amides is 1. The lowest BCUT2D eigenvalue weighted by atomic mass is 10.00. The van der Waals surface area contributed by atoms with E-state index in [1.807, 2.05) is 39.1 Å². The van der Waals surface area contributed by atoms with Gasteiger partial charge in [-0.3, -0.25) is 9.78 Å². The van der Waals surface area contributed by atoms with Crippen LogP contribution in [0.4, 0.5) is 0 Å². The molecule has 1 aromatic heterocycles. The fourth-order valence-electron chi connectivity index (χ4n) is 1.44. The third-order valence-corrected chi connectivity index (χ3v) is 2.36.